The quantitative estimate of drug-likeness (QED) is 0.624. The summed E-state index contributed by atoms with van der Waals surface area (Å²) in [5.74, 6) is 0.537. The molecule has 2 aliphatic carbocycles. The van der Waals surface area contributed by atoms with Gasteiger partial charge in [0, 0.05) is 18.0 Å². The first kappa shape index (κ1) is 11.4. The fourth-order valence-electron chi connectivity index (χ4n) is 5.07. The molecule has 4 rings (SSSR count). The van der Waals surface area contributed by atoms with Crippen LogP contribution < -0.4 is 0 Å². The van der Waals surface area contributed by atoms with Crippen LogP contribution in [-0.2, 0) is 9.59 Å². The summed E-state index contributed by atoms with van der Waals surface area (Å²) in [5, 5.41) is 0. The highest BCUT2D eigenvalue weighted by Crippen LogP contribution is 2.56. The Morgan fingerprint density at radius 2 is 2.21 bits per heavy atom. The summed E-state index contributed by atoms with van der Waals surface area (Å²) in [4.78, 5) is 27.2. The maximum atomic E-state index is 12.4. The number of Topliss-reactive ketones (excluding diaryl/α,β-unsaturated/α-hetero) is 2. The van der Waals surface area contributed by atoms with Crippen LogP contribution in [0.3, 0.4) is 0 Å². The third-order valence-corrected chi connectivity index (χ3v) is 5.64. The minimum absolute atomic E-state index is 0.0253. The molecule has 0 unspecified atom stereocenters. The molecule has 4 atom stereocenters. The number of rotatable bonds is 0. The lowest BCUT2D eigenvalue weighted by Crippen LogP contribution is -2.67. The third-order valence-electron chi connectivity index (χ3n) is 5.64. The van der Waals surface area contributed by atoms with Crippen molar-refractivity contribution in [3.63, 3.8) is 0 Å². The van der Waals surface area contributed by atoms with Crippen molar-refractivity contribution in [2.24, 2.45) is 17.8 Å². The van der Waals surface area contributed by atoms with Crippen molar-refractivity contribution in [1.82, 2.24) is 4.90 Å². The smallest absolute Gasteiger partial charge is 0.227 e. The SMILES string of the molecule is C[C@@H]1C[C@H]2C(=O)C(=O)C3=CC=CN4CCC[C@H]2[C@]34C1. The summed E-state index contributed by atoms with van der Waals surface area (Å²) < 4.78 is 0. The Labute approximate surface area is 113 Å². The molecule has 0 amide bonds. The first-order chi connectivity index (χ1) is 9.14. The maximum Gasteiger partial charge on any atom is 0.227 e. The van der Waals surface area contributed by atoms with E-state index in [0.29, 0.717) is 11.8 Å². The first-order valence-corrected chi connectivity index (χ1v) is 7.39. The van der Waals surface area contributed by atoms with E-state index in [-0.39, 0.29) is 23.0 Å². The first-order valence-electron chi connectivity index (χ1n) is 7.39. The number of ketones is 2. The van der Waals surface area contributed by atoms with E-state index in [1.807, 2.05) is 12.2 Å². The monoisotopic (exact) mass is 257 g/mol. The van der Waals surface area contributed by atoms with Crippen molar-refractivity contribution in [2.45, 2.75) is 38.1 Å². The van der Waals surface area contributed by atoms with Crippen molar-refractivity contribution < 1.29 is 9.59 Å². The minimum atomic E-state index is -0.204. The van der Waals surface area contributed by atoms with E-state index in [1.54, 1.807) is 0 Å². The topological polar surface area (TPSA) is 37.4 Å². The highest BCUT2D eigenvalue weighted by atomic mass is 16.2. The van der Waals surface area contributed by atoms with Gasteiger partial charge >= 0.3 is 0 Å². The van der Waals surface area contributed by atoms with Gasteiger partial charge in [-0.25, -0.2) is 0 Å². The van der Waals surface area contributed by atoms with Gasteiger partial charge in [-0.3, -0.25) is 9.59 Å². The summed E-state index contributed by atoms with van der Waals surface area (Å²) in [5.41, 5.74) is 0.632. The van der Waals surface area contributed by atoms with Crippen LogP contribution in [0.25, 0.3) is 0 Å². The molecule has 0 aromatic rings. The lowest BCUT2D eigenvalue weighted by atomic mass is 9.51. The van der Waals surface area contributed by atoms with Crippen molar-refractivity contribution in [1.29, 1.82) is 0 Å². The van der Waals surface area contributed by atoms with E-state index in [2.05, 4.69) is 18.0 Å². The van der Waals surface area contributed by atoms with E-state index in [0.717, 1.165) is 37.8 Å². The number of carbonyl (C=O) groups is 2. The van der Waals surface area contributed by atoms with Gasteiger partial charge in [-0.05, 0) is 49.8 Å². The summed E-state index contributed by atoms with van der Waals surface area (Å²) >= 11 is 0. The van der Waals surface area contributed by atoms with E-state index in [4.69, 9.17) is 0 Å². The van der Waals surface area contributed by atoms with Gasteiger partial charge in [0.25, 0.3) is 0 Å². The zero-order chi connectivity index (χ0) is 13.2. The van der Waals surface area contributed by atoms with Gasteiger partial charge in [-0.2, -0.15) is 0 Å². The van der Waals surface area contributed by atoms with Crippen LogP contribution in [0.1, 0.15) is 32.6 Å². The van der Waals surface area contributed by atoms with Crippen LogP contribution in [0.4, 0.5) is 0 Å². The molecule has 2 aliphatic heterocycles. The molecular weight excluding hydrogens is 238 g/mol. The van der Waals surface area contributed by atoms with Crippen LogP contribution >= 0.6 is 0 Å². The Hall–Kier alpha value is -1.38. The molecule has 3 nitrogen and oxygen atoms in total. The second kappa shape index (κ2) is 3.59. The number of carbonyl (C=O) groups excluding carboxylic acids is 2. The number of allylic oxidation sites excluding steroid dienone is 2. The molecule has 4 aliphatic rings. The Morgan fingerprint density at radius 3 is 3.05 bits per heavy atom. The lowest BCUT2D eigenvalue weighted by molar-refractivity contribution is -0.150. The maximum absolute atomic E-state index is 12.4. The highest BCUT2D eigenvalue weighted by Gasteiger charge is 2.62. The summed E-state index contributed by atoms with van der Waals surface area (Å²) in [6.07, 6.45) is 10.1. The largest absolute Gasteiger partial charge is 0.367 e. The van der Waals surface area contributed by atoms with Crippen molar-refractivity contribution in [3.8, 4) is 0 Å². The molecule has 0 aromatic heterocycles. The average molecular weight is 257 g/mol. The molecule has 1 spiro atoms. The van der Waals surface area contributed by atoms with Crippen molar-refractivity contribution >= 4 is 11.6 Å². The van der Waals surface area contributed by atoms with Crippen LogP contribution in [0.2, 0.25) is 0 Å². The van der Waals surface area contributed by atoms with Crippen LogP contribution in [0, 0.1) is 17.8 Å². The lowest BCUT2D eigenvalue weighted by Gasteiger charge is -2.61. The standard InChI is InChI=1S/C16H19NO2/c1-10-8-11-12-4-2-6-17-7-3-5-13(15(19)14(11)18)16(12,17)9-10/h3,5,7,10-12H,2,4,6,8-9H2,1H3/t10-,11-,12-,16-/m1/s1. The Balaban J connectivity index is 1.94. The van der Waals surface area contributed by atoms with Crippen molar-refractivity contribution in [2.75, 3.05) is 6.54 Å². The third kappa shape index (κ3) is 1.24. The van der Waals surface area contributed by atoms with E-state index in [9.17, 15) is 9.59 Å². The van der Waals surface area contributed by atoms with Gasteiger partial charge in [-0.1, -0.05) is 13.0 Å². The van der Waals surface area contributed by atoms with Gasteiger partial charge < -0.3 is 4.90 Å². The minimum Gasteiger partial charge on any atom is -0.367 e. The number of piperidine rings is 1. The molecule has 100 valence electrons. The summed E-state index contributed by atoms with van der Waals surface area (Å²) in [6, 6.07) is 0. The molecule has 3 fully saturated rings. The summed E-state index contributed by atoms with van der Waals surface area (Å²) in [6.45, 7) is 3.25. The van der Waals surface area contributed by atoms with Gasteiger partial charge in [0.05, 0.1) is 5.54 Å². The summed E-state index contributed by atoms with van der Waals surface area (Å²) in [7, 11) is 0. The molecule has 19 heavy (non-hydrogen) atoms. The molecule has 2 bridgehead atoms. The van der Waals surface area contributed by atoms with Crippen molar-refractivity contribution in [3.05, 3.63) is 23.9 Å². The Bertz CT molecular complexity index is 533. The van der Waals surface area contributed by atoms with Crippen LogP contribution in [0.15, 0.2) is 23.9 Å². The predicted octanol–water partition coefficient (Wildman–Crippen LogP) is 2.09. The molecule has 0 N–H and O–H groups in total. The van der Waals surface area contributed by atoms with Crippen LogP contribution in [0.5, 0.6) is 0 Å². The molecular formula is C16H19NO2. The predicted molar refractivity (Wildman–Crippen MR) is 71.3 cm³/mol. The molecule has 2 heterocycles. The number of nitrogens with zero attached hydrogens (tertiary/aromatic N) is 1. The zero-order valence-corrected chi connectivity index (χ0v) is 11.3. The molecule has 0 aromatic carbocycles. The fourth-order valence-corrected chi connectivity index (χ4v) is 5.07. The molecule has 2 saturated carbocycles. The zero-order valence-electron chi connectivity index (χ0n) is 11.3. The second-order valence-electron chi connectivity index (χ2n) is 6.63. The molecule has 1 saturated heterocycles. The Morgan fingerprint density at radius 1 is 1.37 bits per heavy atom. The van der Waals surface area contributed by atoms with Gasteiger partial charge in [0.15, 0.2) is 0 Å². The Kier molecular flexibility index (Phi) is 2.16. The molecule has 0 radical (unpaired) electrons. The average Bonchev–Trinajstić information content (AvgIpc) is 2.40. The molecule has 3 heteroatoms. The van der Waals surface area contributed by atoms with E-state index >= 15 is 0 Å². The second-order valence-corrected chi connectivity index (χ2v) is 6.63. The van der Waals surface area contributed by atoms with Crippen LogP contribution in [-0.4, -0.2) is 28.6 Å². The number of hydrogen-bond donors (Lipinski definition) is 0. The van der Waals surface area contributed by atoms with E-state index < -0.39 is 0 Å². The normalized spacial score (nSPS) is 43.9. The number of hydrogen-bond acceptors (Lipinski definition) is 3. The van der Waals surface area contributed by atoms with Gasteiger partial charge in [0.1, 0.15) is 0 Å². The van der Waals surface area contributed by atoms with E-state index in [1.165, 1.54) is 0 Å². The highest BCUT2D eigenvalue weighted by molar-refractivity contribution is 6.46. The fraction of sp³-hybridized carbons (Fsp3) is 0.625. The van der Waals surface area contributed by atoms with Gasteiger partial charge in [0.2, 0.25) is 11.6 Å². The van der Waals surface area contributed by atoms with Gasteiger partial charge in [-0.15, -0.1) is 0 Å².